The molecule has 3 heterocycles. The van der Waals surface area contributed by atoms with Gasteiger partial charge < -0.3 is 9.80 Å². The minimum absolute atomic E-state index is 0.212. The second-order valence-electron chi connectivity index (χ2n) is 5.84. The quantitative estimate of drug-likeness (QED) is 0.836. The van der Waals surface area contributed by atoms with Crippen molar-refractivity contribution in [1.29, 1.82) is 5.26 Å². The molecule has 0 radical (unpaired) electrons. The summed E-state index contributed by atoms with van der Waals surface area (Å²) in [5.74, 6) is 0.883. The van der Waals surface area contributed by atoms with Crippen LogP contribution in [0.3, 0.4) is 0 Å². The number of aryl methyl sites for hydroxylation is 1. The zero-order valence-electron chi connectivity index (χ0n) is 13.0. The molecule has 0 N–H and O–H groups in total. The second-order valence-corrected chi connectivity index (χ2v) is 5.84. The Balaban J connectivity index is 1.93. The lowest BCUT2D eigenvalue weighted by molar-refractivity contribution is 0.243. The van der Waals surface area contributed by atoms with Crippen molar-refractivity contribution in [3.05, 3.63) is 35.8 Å². The van der Waals surface area contributed by atoms with E-state index in [9.17, 15) is 0 Å². The molecule has 2 aromatic rings. The molecule has 1 aliphatic heterocycles. The number of likely N-dealkylation sites (N-methyl/N-ethyl adjacent to an activating group) is 1. The summed E-state index contributed by atoms with van der Waals surface area (Å²) in [5.41, 5.74) is 1.53. The van der Waals surface area contributed by atoms with E-state index in [0.717, 1.165) is 24.5 Å². The normalized spacial score (nSPS) is 21.3. The van der Waals surface area contributed by atoms with E-state index in [1.807, 2.05) is 23.9 Å². The summed E-state index contributed by atoms with van der Waals surface area (Å²) in [6, 6.07) is 6.35. The first-order valence-electron chi connectivity index (χ1n) is 7.25. The summed E-state index contributed by atoms with van der Waals surface area (Å²) in [6.45, 7) is 3.67. The molecule has 0 bridgehead atoms. The zero-order chi connectivity index (χ0) is 15.7. The summed E-state index contributed by atoms with van der Waals surface area (Å²) in [5, 5.41) is 17.2. The molecule has 0 aromatic carbocycles. The van der Waals surface area contributed by atoms with Gasteiger partial charge in [-0.05, 0) is 32.6 Å². The van der Waals surface area contributed by atoms with Gasteiger partial charge in [0.1, 0.15) is 17.6 Å². The first-order chi connectivity index (χ1) is 10.6. The minimum atomic E-state index is 0.212. The van der Waals surface area contributed by atoms with Gasteiger partial charge in [0, 0.05) is 19.3 Å². The van der Waals surface area contributed by atoms with E-state index in [-0.39, 0.29) is 6.04 Å². The lowest BCUT2D eigenvalue weighted by Crippen LogP contribution is -2.36. The van der Waals surface area contributed by atoms with E-state index in [1.165, 1.54) is 0 Å². The number of nitriles is 1. The number of aromatic nitrogens is 4. The first-order valence-corrected chi connectivity index (χ1v) is 7.25. The van der Waals surface area contributed by atoms with Gasteiger partial charge in [0.15, 0.2) is 0 Å². The van der Waals surface area contributed by atoms with Gasteiger partial charge in [0.25, 0.3) is 0 Å². The molecule has 22 heavy (non-hydrogen) atoms. The average molecular weight is 297 g/mol. The third-order valence-corrected chi connectivity index (χ3v) is 4.19. The Morgan fingerprint density at radius 2 is 2.14 bits per heavy atom. The van der Waals surface area contributed by atoms with Crippen LogP contribution >= 0.6 is 0 Å². The Labute approximate surface area is 129 Å². The van der Waals surface area contributed by atoms with Crippen LogP contribution in [0.1, 0.15) is 17.3 Å². The van der Waals surface area contributed by atoms with Crippen LogP contribution in [0.25, 0.3) is 0 Å². The standard InChI is InChI=1S/C15H19N7/c1-11-4-5-12(8-16)18-15(11)21-9-13(20(2)3)14(10-21)22-7-6-17-19-22/h4-7,13-14H,9-10H2,1-3H3/t13-,14+/m1/s1. The van der Waals surface area contributed by atoms with Crippen LogP contribution in [0, 0.1) is 18.3 Å². The van der Waals surface area contributed by atoms with Crippen molar-refractivity contribution in [3.8, 4) is 6.07 Å². The highest BCUT2D eigenvalue weighted by Gasteiger charge is 2.37. The van der Waals surface area contributed by atoms with Crippen molar-refractivity contribution < 1.29 is 0 Å². The van der Waals surface area contributed by atoms with Crippen molar-refractivity contribution in [2.24, 2.45) is 0 Å². The van der Waals surface area contributed by atoms with Gasteiger partial charge in [0.05, 0.1) is 18.3 Å². The number of hydrogen-bond acceptors (Lipinski definition) is 6. The molecule has 7 heteroatoms. The van der Waals surface area contributed by atoms with Crippen molar-refractivity contribution in [2.75, 3.05) is 32.1 Å². The number of nitrogens with zero attached hydrogens (tertiary/aromatic N) is 7. The summed E-state index contributed by atoms with van der Waals surface area (Å²) < 4.78 is 1.91. The lowest BCUT2D eigenvalue weighted by atomic mass is 10.1. The highest BCUT2D eigenvalue weighted by atomic mass is 15.5. The van der Waals surface area contributed by atoms with Gasteiger partial charge in [0.2, 0.25) is 0 Å². The Bertz CT molecular complexity index is 686. The van der Waals surface area contributed by atoms with Crippen LogP contribution in [0.2, 0.25) is 0 Å². The van der Waals surface area contributed by atoms with E-state index in [4.69, 9.17) is 5.26 Å². The van der Waals surface area contributed by atoms with E-state index in [0.29, 0.717) is 11.7 Å². The molecule has 2 aromatic heterocycles. The summed E-state index contributed by atoms with van der Waals surface area (Å²) in [4.78, 5) is 8.92. The smallest absolute Gasteiger partial charge is 0.142 e. The van der Waals surface area contributed by atoms with Crippen LogP contribution in [0.15, 0.2) is 24.5 Å². The lowest BCUT2D eigenvalue weighted by Gasteiger charge is -2.24. The van der Waals surface area contributed by atoms with Gasteiger partial charge >= 0.3 is 0 Å². The predicted molar refractivity (Wildman–Crippen MR) is 82.4 cm³/mol. The monoisotopic (exact) mass is 297 g/mol. The van der Waals surface area contributed by atoms with Crippen molar-refractivity contribution >= 4 is 5.82 Å². The predicted octanol–water partition coefficient (Wildman–Crippen LogP) is 0.845. The molecule has 7 nitrogen and oxygen atoms in total. The maximum Gasteiger partial charge on any atom is 0.142 e. The zero-order valence-corrected chi connectivity index (χ0v) is 13.0. The van der Waals surface area contributed by atoms with Crippen LogP contribution in [-0.4, -0.2) is 58.1 Å². The average Bonchev–Trinajstić information content (AvgIpc) is 3.16. The van der Waals surface area contributed by atoms with Crippen molar-refractivity contribution in [2.45, 2.75) is 19.0 Å². The third-order valence-electron chi connectivity index (χ3n) is 4.19. The Hall–Kier alpha value is -2.46. The van der Waals surface area contributed by atoms with Crippen molar-refractivity contribution in [1.82, 2.24) is 24.9 Å². The molecule has 0 spiro atoms. The summed E-state index contributed by atoms with van der Waals surface area (Å²) >= 11 is 0. The van der Waals surface area contributed by atoms with E-state index in [1.54, 1.807) is 12.3 Å². The number of pyridine rings is 1. The fraction of sp³-hybridized carbons (Fsp3) is 0.467. The van der Waals surface area contributed by atoms with Crippen LogP contribution in [0.5, 0.6) is 0 Å². The number of hydrogen-bond donors (Lipinski definition) is 0. The van der Waals surface area contributed by atoms with E-state index < -0.39 is 0 Å². The van der Waals surface area contributed by atoms with Gasteiger partial charge in [-0.3, -0.25) is 0 Å². The molecule has 1 aliphatic rings. The highest BCUT2D eigenvalue weighted by Crippen LogP contribution is 2.29. The fourth-order valence-electron chi connectivity index (χ4n) is 3.00. The largest absolute Gasteiger partial charge is 0.352 e. The molecular weight excluding hydrogens is 278 g/mol. The van der Waals surface area contributed by atoms with Gasteiger partial charge in [-0.25, -0.2) is 9.67 Å². The van der Waals surface area contributed by atoms with Crippen LogP contribution in [0.4, 0.5) is 5.82 Å². The molecule has 3 rings (SSSR count). The van der Waals surface area contributed by atoms with Gasteiger partial charge in [-0.15, -0.1) is 5.10 Å². The minimum Gasteiger partial charge on any atom is -0.352 e. The Morgan fingerprint density at radius 1 is 1.32 bits per heavy atom. The number of anilines is 1. The van der Waals surface area contributed by atoms with Crippen molar-refractivity contribution in [3.63, 3.8) is 0 Å². The second kappa shape index (κ2) is 5.73. The molecule has 0 saturated carbocycles. The molecule has 2 atom stereocenters. The molecule has 1 fully saturated rings. The van der Waals surface area contributed by atoms with Crippen LogP contribution < -0.4 is 4.90 Å². The van der Waals surface area contributed by atoms with E-state index in [2.05, 4.69) is 45.3 Å². The van der Waals surface area contributed by atoms with Gasteiger partial charge in [-0.1, -0.05) is 11.3 Å². The third kappa shape index (κ3) is 2.53. The molecule has 114 valence electrons. The van der Waals surface area contributed by atoms with Gasteiger partial charge in [-0.2, -0.15) is 5.26 Å². The Kier molecular flexibility index (Phi) is 3.77. The molecule has 0 unspecified atom stereocenters. The molecule has 0 aliphatic carbocycles. The SMILES string of the molecule is Cc1ccc(C#N)nc1N1C[C@@H](N(C)C)[C@@H](n2ccnn2)C1. The molecule has 1 saturated heterocycles. The van der Waals surface area contributed by atoms with Crippen LogP contribution in [-0.2, 0) is 0 Å². The number of rotatable bonds is 3. The Morgan fingerprint density at radius 3 is 2.77 bits per heavy atom. The summed E-state index contributed by atoms with van der Waals surface area (Å²) in [7, 11) is 4.15. The molecular formula is C15H19N7. The maximum atomic E-state index is 9.08. The van der Waals surface area contributed by atoms with E-state index >= 15 is 0 Å². The maximum absolute atomic E-state index is 9.08. The first kappa shape index (κ1) is 14.5. The fourth-order valence-corrected chi connectivity index (χ4v) is 3.00. The highest BCUT2D eigenvalue weighted by molar-refractivity contribution is 5.50. The summed E-state index contributed by atoms with van der Waals surface area (Å²) in [6.07, 6.45) is 3.60. The topological polar surface area (TPSA) is 73.9 Å². The molecule has 0 amide bonds.